The minimum atomic E-state index is -0.367. The summed E-state index contributed by atoms with van der Waals surface area (Å²) in [4.78, 5) is 13.7. The zero-order chi connectivity index (χ0) is 27.2. The first-order valence-electron chi connectivity index (χ1n) is 13.6. The van der Waals surface area contributed by atoms with Gasteiger partial charge in [0, 0.05) is 30.9 Å². The molecule has 0 atom stereocenters. The Hall–Kier alpha value is -4.37. The first-order chi connectivity index (χ1) is 19.0. The van der Waals surface area contributed by atoms with Crippen molar-refractivity contribution in [3.63, 3.8) is 0 Å². The van der Waals surface area contributed by atoms with Crippen LogP contribution in [0.15, 0.2) is 104 Å². The Morgan fingerprint density at radius 1 is 0.974 bits per heavy atom. The van der Waals surface area contributed by atoms with E-state index in [4.69, 9.17) is 4.74 Å². The van der Waals surface area contributed by atoms with Gasteiger partial charge in [-0.15, -0.1) is 0 Å². The first-order valence-corrected chi connectivity index (χ1v) is 13.6. The molecule has 0 fully saturated rings. The lowest BCUT2D eigenvalue weighted by atomic mass is 9.88. The van der Waals surface area contributed by atoms with Crippen LogP contribution in [0.2, 0.25) is 0 Å². The Kier molecular flexibility index (Phi) is 8.07. The maximum atomic E-state index is 11.3. The predicted molar refractivity (Wildman–Crippen MR) is 164 cm³/mol. The van der Waals surface area contributed by atoms with Crippen LogP contribution >= 0.6 is 0 Å². The van der Waals surface area contributed by atoms with Crippen LogP contribution in [0, 0.1) is 6.92 Å². The average molecular weight is 514 g/mol. The third-order valence-electron chi connectivity index (χ3n) is 7.42. The zero-order valence-electron chi connectivity index (χ0n) is 22.8. The zero-order valence-corrected chi connectivity index (χ0v) is 22.8. The maximum Gasteiger partial charge on any atom is 0.330 e. The van der Waals surface area contributed by atoms with Crippen LogP contribution in [0.3, 0.4) is 0 Å². The Morgan fingerprint density at radius 3 is 2.64 bits per heavy atom. The minimum Gasteiger partial charge on any atom is -0.463 e. The molecule has 196 valence electrons. The van der Waals surface area contributed by atoms with Crippen LogP contribution < -0.4 is 4.90 Å². The molecule has 0 radical (unpaired) electrons. The van der Waals surface area contributed by atoms with Gasteiger partial charge in [0.1, 0.15) is 0 Å². The number of ether oxygens (including phenoxy) is 1. The number of benzene rings is 4. The van der Waals surface area contributed by atoms with Gasteiger partial charge < -0.3 is 9.64 Å². The quantitative estimate of drug-likeness (QED) is 0.128. The standard InChI is InChI=1S/C36H35NO2/c1-4-35(38)39-23-11-14-27-12-10-13-28(24-27)25-37(3)34-22-20-29-15-6-5-7-17-31(29)36(34)33-21-19-26(2)30-16-8-9-18-32(30)33/h4-10,12-13,16-22,24H,1,11,14-15,23,25H2,2-3H3. The second-order valence-corrected chi connectivity index (χ2v) is 10.2. The van der Waals surface area contributed by atoms with Gasteiger partial charge in [0.2, 0.25) is 0 Å². The van der Waals surface area contributed by atoms with Gasteiger partial charge in [-0.25, -0.2) is 4.79 Å². The Balaban J connectivity index is 1.49. The number of hydrogen-bond donors (Lipinski definition) is 0. The molecule has 3 heteroatoms. The smallest absolute Gasteiger partial charge is 0.330 e. The van der Waals surface area contributed by atoms with Gasteiger partial charge in [-0.05, 0) is 76.4 Å². The summed E-state index contributed by atoms with van der Waals surface area (Å²) in [6.45, 7) is 6.83. The Bertz CT molecular complexity index is 1580. The molecule has 0 aromatic heterocycles. The van der Waals surface area contributed by atoms with Crippen molar-refractivity contribution in [1.82, 2.24) is 0 Å². The molecule has 0 bridgehead atoms. The molecular weight excluding hydrogens is 478 g/mol. The van der Waals surface area contributed by atoms with Gasteiger partial charge in [-0.2, -0.15) is 0 Å². The van der Waals surface area contributed by atoms with E-state index in [0.717, 1.165) is 25.8 Å². The van der Waals surface area contributed by atoms with Crippen LogP contribution in [-0.4, -0.2) is 19.6 Å². The fourth-order valence-electron chi connectivity index (χ4n) is 5.46. The molecule has 0 heterocycles. The van der Waals surface area contributed by atoms with E-state index < -0.39 is 0 Å². The highest BCUT2D eigenvalue weighted by atomic mass is 16.5. The molecule has 5 rings (SSSR count). The molecule has 4 aromatic rings. The molecule has 39 heavy (non-hydrogen) atoms. The van der Waals surface area contributed by atoms with Crippen LogP contribution in [0.25, 0.3) is 28.0 Å². The SMILES string of the molecule is C=CC(=O)OCCCc1cccc(CN(C)c2ccc3c(c2-c2ccc(C)c4ccccc24)C=CC=CC3)c1. The second-order valence-electron chi connectivity index (χ2n) is 10.2. The molecule has 4 aromatic carbocycles. The molecule has 0 unspecified atom stereocenters. The fourth-order valence-corrected chi connectivity index (χ4v) is 5.46. The summed E-state index contributed by atoms with van der Waals surface area (Å²) in [7, 11) is 2.18. The third-order valence-corrected chi connectivity index (χ3v) is 7.42. The lowest BCUT2D eigenvalue weighted by Crippen LogP contribution is -2.18. The van der Waals surface area contributed by atoms with E-state index in [1.807, 2.05) is 0 Å². The summed E-state index contributed by atoms with van der Waals surface area (Å²) in [6.07, 6.45) is 12.6. The average Bonchev–Trinajstić information content (AvgIpc) is 3.21. The van der Waals surface area contributed by atoms with E-state index in [1.165, 1.54) is 61.5 Å². The summed E-state index contributed by atoms with van der Waals surface area (Å²) in [6, 6.07) is 26.5. The van der Waals surface area contributed by atoms with Crippen LogP contribution in [0.1, 0.15) is 34.2 Å². The van der Waals surface area contributed by atoms with Crippen molar-refractivity contribution >= 4 is 28.5 Å². The Morgan fingerprint density at radius 2 is 1.79 bits per heavy atom. The normalized spacial score (nSPS) is 12.2. The van der Waals surface area contributed by atoms with Crippen LogP contribution in [0.5, 0.6) is 0 Å². The van der Waals surface area contributed by atoms with Crippen molar-refractivity contribution in [2.24, 2.45) is 0 Å². The van der Waals surface area contributed by atoms with Crippen molar-refractivity contribution in [3.05, 3.63) is 131 Å². The van der Waals surface area contributed by atoms with Gasteiger partial charge in [0.25, 0.3) is 0 Å². The maximum absolute atomic E-state index is 11.3. The number of rotatable bonds is 9. The van der Waals surface area contributed by atoms with E-state index in [0.29, 0.717) is 6.61 Å². The molecule has 0 N–H and O–H groups in total. The molecule has 3 nitrogen and oxygen atoms in total. The van der Waals surface area contributed by atoms with Gasteiger partial charge >= 0.3 is 5.97 Å². The largest absolute Gasteiger partial charge is 0.463 e. The molecular formula is C36H35NO2. The van der Waals surface area contributed by atoms with Gasteiger partial charge in [0.15, 0.2) is 0 Å². The predicted octanol–water partition coefficient (Wildman–Crippen LogP) is 8.24. The molecule has 0 spiro atoms. The number of aryl methyl sites for hydroxylation is 2. The number of allylic oxidation sites excluding steroid dienone is 3. The van der Waals surface area contributed by atoms with Crippen molar-refractivity contribution < 1.29 is 9.53 Å². The van der Waals surface area contributed by atoms with Crippen molar-refractivity contribution in [3.8, 4) is 11.1 Å². The van der Waals surface area contributed by atoms with E-state index >= 15 is 0 Å². The molecule has 0 saturated heterocycles. The highest BCUT2D eigenvalue weighted by Gasteiger charge is 2.19. The van der Waals surface area contributed by atoms with Gasteiger partial charge in [-0.3, -0.25) is 0 Å². The third kappa shape index (κ3) is 5.88. The minimum absolute atomic E-state index is 0.367. The summed E-state index contributed by atoms with van der Waals surface area (Å²) in [5, 5.41) is 2.58. The summed E-state index contributed by atoms with van der Waals surface area (Å²) in [5.41, 5.74) is 10.2. The van der Waals surface area contributed by atoms with E-state index in [1.54, 1.807) is 0 Å². The number of esters is 1. The van der Waals surface area contributed by atoms with E-state index in [2.05, 4.69) is 123 Å². The first kappa shape index (κ1) is 26.2. The van der Waals surface area contributed by atoms with Crippen molar-refractivity contribution in [2.45, 2.75) is 32.7 Å². The van der Waals surface area contributed by atoms with Crippen LogP contribution in [-0.2, 0) is 28.9 Å². The number of hydrogen-bond acceptors (Lipinski definition) is 3. The highest BCUT2D eigenvalue weighted by Crippen LogP contribution is 2.41. The van der Waals surface area contributed by atoms with Crippen molar-refractivity contribution in [2.75, 3.05) is 18.6 Å². The number of carbonyl (C=O) groups is 1. The number of fused-ring (bicyclic) bond motifs is 2. The van der Waals surface area contributed by atoms with Gasteiger partial charge in [-0.1, -0.05) is 97.6 Å². The van der Waals surface area contributed by atoms with Crippen molar-refractivity contribution in [1.29, 1.82) is 0 Å². The number of carbonyl (C=O) groups excluding carboxylic acids is 1. The molecule has 0 amide bonds. The Labute approximate surface area is 231 Å². The molecule has 1 aliphatic carbocycles. The summed E-state index contributed by atoms with van der Waals surface area (Å²) >= 11 is 0. The monoisotopic (exact) mass is 513 g/mol. The highest BCUT2D eigenvalue weighted by molar-refractivity contribution is 6.03. The fraction of sp³-hybridized carbons (Fsp3) is 0.194. The summed E-state index contributed by atoms with van der Waals surface area (Å²) in [5.74, 6) is -0.367. The van der Waals surface area contributed by atoms with E-state index in [-0.39, 0.29) is 5.97 Å². The molecule has 1 aliphatic rings. The van der Waals surface area contributed by atoms with Gasteiger partial charge in [0.05, 0.1) is 6.61 Å². The van der Waals surface area contributed by atoms with E-state index in [9.17, 15) is 4.79 Å². The van der Waals surface area contributed by atoms with Crippen LogP contribution in [0.4, 0.5) is 5.69 Å². The lowest BCUT2D eigenvalue weighted by molar-refractivity contribution is -0.137. The molecule has 0 saturated carbocycles. The second kappa shape index (κ2) is 12.0. The number of nitrogens with zero attached hydrogens (tertiary/aromatic N) is 1. The lowest BCUT2D eigenvalue weighted by Gasteiger charge is -2.26. The summed E-state index contributed by atoms with van der Waals surface area (Å²) < 4.78 is 5.14. The topological polar surface area (TPSA) is 29.5 Å². The number of anilines is 1. The molecule has 0 aliphatic heterocycles.